The topological polar surface area (TPSA) is 66.6 Å². The minimum absolute atomic E-state index is 0.416. The van der Waals surface area contributed by atoms with Crippen LogP contribution in [0.15, 0.2) is 34.9 Å². The van der Waals surface area contributed by atoms with Crippen molar-refractivity contribution in [1.82, 2.24) is 9.88 Å². The Labute approximate surface area is 127 Å². The summed E-state index contributed by atoms with van der Waals surface area (Å²) in [5.74, 6) is -0.248. The molecule has 2 heterocycles. The Balaban J connectivity index is 1.73. The molecule has 1 atom stereocenters. The van der Waals surface area contributed by atoms with Crippen LogP contribution in [-0.4, -0.2) is 33.5 Å². The van der Waals surface area contributed by atoms with E-state index in [-0.39, 0.29) is 0 Å². The van der Waals surface area contributed by atoms with Crippen molar-refractivity contribution >= 4 is 17.6 Å². The Morgan fingerprint density at radius 2 is 2.19 bits per heavy atom. The smallest absolute Gasteiger partial charge is 0.320 e. The standard InChI is InChI=1S/C15H15ClN2O3/c16-11-5-3-10(4-6-11)14-17-12(9-21-14)8-18-7-1-2-13(18)15(19)20/h3-6,9,13H,1-2,7-8H2,(H,19,20)/t13-/m1/s1. The molecule has 0 spiro atoms. The number of aliphatic carboxylic acids is 1. The number of rotatable bonds is 4. The molecule has 3 rings (SSSR count). The van der Waals surface area contributed by atoms with Gasteiger partial charge in [0.1, 0.15) is 12.3 Å². The zero-order valence-electron chi connectivity index (χ0n) is 11.3. The van der Waals surface area contributed by atoms with E-state index >= 15 is 0 Å². The average molecular weight is 307 g/mol. The molecule has 1 N–H and O–H groups in total. The van der Waals surface area contributed by atoms with Crippen molar-refractivity contribution in [3.05, 3.63) is 41.2 Å². The summed E-state index contributed by atoms with van der Waals surface area (Å²) in [6.07, 6.45) is 3.18. The van der Waals surface area contributed by atoms with Gasteiger partial charge in [0.15, 0.2) is 0 Å². The zero-order valence-corrected chi connectivity index (χ0v) is 12.1. The Morgan fingerprint density at radius 3 is 2.90 bits per heavy atom. The molecule has 1 aliphatic rings. The van der Waals surface area contributed by atoms with Gasteiger partial charge in [0.2, 0.25) is 5.89 Å². The number of hydrogen-bond acceptors (Lipinski definition) is 4. The lowest BCUT2D eigenvalue weighted by Crippen LogP contribution is -2.35. The molecule has 110 valence electrons. The number of carboxylic acids is 1. The van der Waals surface area contributed by atoms with Crippen LogP contribution in [0.2, 0.25) is 5.02 Å². The largest absolute Gasteiger partial charge is 0.480 e. The van der Waals surface area contributed by atoms with Gasteiger partial charge in [-0.25, -0.2) is 4.98 Å². The van der Waals surface area contributed by atoms with E-state index in [2.05, 4.69) is 4.98 Å². The maximum absolute atomic E-state index is 11.2. The minimum Gasteiger partial charge on any atom is -0.480 e. The van der Waals surface area contributed by atoms with Gasteiger partial charge >= 0.3 is 5.97 Å². The van der Waals surface area contributed by atoms with E-state index in [4.69, 9.17) is 16.0 Å². The molecule has 6 heteroatoms. The highest BCUT2D eigenvalue weighted by atomic mass is 35.5. The van der Waals surface area contributed by atoms with Gasteiger partial charge in [-0.05, 0) is 43.7 Å². The van der Waals surface area contributed by atoms with Crippen LogP contribution in [0.25, 0.3) is 11.5 Å². The molecular formula is C15H15ClN2O3. The van der Waals surface area contributed by atoms with Crippen LogP contribution in [-0.2, 0) is 11.3 Å². The molecule has 0 amide bonds. The van der Waals surface area contributed by atoms with Gasteiger partial charge in [-0.2, -0.15) is 0 Å². The van der Waals surface area contributed by atoms with Crippen LogP contribution in [0.5, 0.6) is 0 Å². The average Bonchev–Trinajstić information content (AvgIpc) is 3.09. The lowest BCUT2D eigenvalue weighted by molar-refractivity contribution is -0.142. The molecule has 1 aromatic heterocycles. The number of nitrogens with zero attached hydrogens (tertiary/aromatic N) is 2. The number of likely N-dealkylation sites (tertiary alicyclic amines) is 1. The number of carbonyl (C=O) groups is 1. The van der Waals surface area contributed by atoms with Crippen molar-refractivity contribution < 1.29 is 14.3 Å². The third-order valence-electron chi connectivity index (χ3n) is 3.66. The van der Waals surface area contributed by atoms with E-state index in [9.17, 15) is 9.90 Å². The molecule has 0 aliphatic carbocycles. The predicted molar refractivity (Wildman–Crippen MR) is 78.0 cm³/mol. The van der Waals surface area contributed by atoms with E-state index in [0.29, 0.717) is 23.9 Å². The van der Waals surface area contributed by atoms with E-state index < -0.39 is 12.0 Å². The summed E-state index contributed by atoms with van der Waals surface area (Å²) in [4.78, 5) is 17.5. The maximum atomic E-state index is 11.2. The highest BCUT2D eigenvalue weighted by Crippen LogP contribution is 2.23. The summed E-state index contributed by atoms with van der Waals surface area (Å²) >= 11 is 5.85. The number of oxazole rings is 1. The van der Waals surface area contributed by atoms with Gasteiger partial charge in [-0.3, -0.25) is 9.69 Å². The molecular weight excluding hydrogens is 292 g/mol. The lowest BCUT2D eigenvalue weighted by Gasteiger charge is -2.19. The van der Waals surface area contributed by atoms with Crippen molar-refractivity contribution in [3.63, 3.8) is 0 Å². The second-order valence-corrected chi connectivity index (χ2v) is 5.55. The zero-order chi connectivity index (χ0) is 14.8. The third kappa shape index (κ3) is 3.09. The van der Waals surface area contributed by atoms with Gasteiger partial charge < -0.3 is 9.52 Å². The number of benzene rings is 1. The normalized spacial score (nSPS) is 19.0. The Kier molecular flexibility index (Phi) is 3.94. The Morgan fingerprint density at radius 1 is 1.43 bits per heavy atom. The van der Waals surface area contributed by atoms with Crippen molar-refractivity contribution in [1.29, 1.82) is 0 Å². The van der Waals surface area contributed by atoms with Crippen LogP contribution in [0.1, 0.15) is 18.5 Å². The number of carboxylic acid groups (broad SMARTS) is 1. The first-order valence-electron chi connectivity index (χ1n) is 6.80. The number of hydrogen-bond donors (Lipinski definition) is 1. The summed E-state index contributed by atoms with van der Waals surface area (Å²) in [5, 5.41) is 9.83. The molecule has 1 saturated heterocycles. The van der Waals surface area contributed by atoms with Crippen molar-refractivity contribution in [3.8, 4) is 11.5 Å². The molecule has 1 aromatic carbocycles. The van der Waals surface area contributed by atoms with Crippen molar-refractivity contribution in [2.75, 3.05) is 6.54 Å². The predicted octanol–water partition coefficient (Wildman–Crippen LogP) is 3.04. The first-order valence-corrected chi connectivity index (χ1v) is 7.18. The van der Waals surface area contributed by atoms with Gasteiger partial charge in [0.05, 0.1) is 5.69 Å². The first kappa shape index (κ1) is 14.1. The van der Waals surface area contributed by atoms with Crippen molar-refractivity contribution in [2.45, 2.75) is 25.4 Å². The second kappa shape index (κ2) is 5.87. The SMILES string of the molecule is O=C(O)[C@H]1CCCN1Cc1coc(-c2ccc(Cl)cc2)n1. The molecule has 1 fully saturated rings. The Hall–Kier alpha value is -1.85. The fourth-order valence-corrected chi connectivity index (χ4v) is 2.73. The molecule has 0 saturated carbocycles. The van der Waals surface area contributed by atoms with Gasteiger partial charge in [0, 0.05) is 17.1 Å². The molecule has 0 unspecified atom stereocenters. The molecule has 2 aromatic rings. The lowest BCUT2D eigenvalue weighted by atomic mass is 10.2. The molecule has 0 radical (unpaired) electrons. The quantitative estimate of drug-likeness (QED) is 0.940. The summed E-state index contributed by atoms with van der Waals surface area (Å²) in [6.45, 7) is 1.27. The van der Waals surface area contributed by atoms with Crippen molar-refractivity contribution in [2.24, 2.45) is 0 Å². The van der Waals surface area contributed by atoms with E-state index in [1.165, 1.54) is 0 Å². The third-order valence-corrected chi connectivity index (χ3v) is 3.91. The van der Waals surface area contributed by atoms with E-state index in [1.807, 2.05) is 17.0 Å². The molecule has 5 nitrogen and oxygen atoms in total. The highest BCUT2D eigenvalue weighted by Gasteiger charge is 2.30. The van der Waals surface area contributed by atoms with Crippen LogP contribution < -0.4 is 0 Å². The van der Waals surface area contributed by atoms with Gasteiger partial charge in [-0.15, -0.1) is 0 Å². The fraction of sp³-hybridized carbons (Fsp3) is 0.333. The summed E-state index contributed by atoms with van der Waals surface area (Å²) in [6, 6.07) is 6.83. The van der Waals surface area contributed by atoms with Gasteiger partial charge in [0.25, 0.3) is 0 Å². The molecule has 21 heavy (non-hydrogen) atoms. The van der Waals surface area contributed by atoms with Crippen LogP contribution in [0.4, 0.5) is 0 Å². The molecule has 1 aliphatic heterocycles. The van der Waals surface area contributed by atoms with E-state index in [0.717, 1.165) is 24.2 Å². The number of halogens is 1. The molecule has 0 bridgehead atoms. The minimum atomic E-state index is -0.770. The fourth-order valence-electron chi connectivity index (χ4n) is 2.61. The second-order valence-electron chi connectivity index (χ2n) is 5.12. The number of aromatic nitrogens is 1. The van der Waals surface area contributed by atoms with Crippen LogP contribution in [0.3, 0.4) is 0 Å². The van der Waals surface area contributed by atoms with Crippen LogP contribution >= 0.6 is 11.6 Å². The monoisotopic (exact) mass is 306 g/mol. The summed E-state index contributed by atoms with van der Waals surface area (Å²) in [5.41, 5.74) is 1.59. The van der Waals surface area contributed by atoms with Gasteiger partial charge in [-0.1, -0.05) is 11.6 Å². The summed E-state index contributed by atoms with van der Waals surface area (Å²) in [7, 11) is 0. The maximum Gasteiger partial charge on any atom is 0.320 e. The van der Waals surface area contributed by atoms with Crippen LogP contribution in [0, 0.1) is 0 Å². The summed E-state index contributed by atoms with van der Waals surface area (Å²) < 4.78 is 5.47. The first-order chi connectivity index (χ1) is 10.1. The highest BCUT2D eigenvalue weighted by molar-refractivity contribution is 6.30. The Bertz CT molecular complexity index is 639. The van der Waals surface area contributed by atoms with E-state index in [1.54, 1.807) is 18.4 Å².